The first-order chi connectivity index (χ1) is 16.3. The number of nitrogens with zero attached hydrogens (tertiary/aromatic N) is 2. The van der Waals surface area contributed by atoms with Gasteiger partial charge in [0.05, 0.1) is 10.0 Å². The van der Waals surface area contributed by atoms with Gasteiger partial charge in [-0.2, -0.15) is 0 Å². The number of ether oxygens (including phenoxy) is 2. The fourth-order valence-corrected chi connectivity index (χ4v) is 5.51. The lowest BCUT2D eigenvalue weighted by molar-refractivity contribution is -0.0227. The van der Waals surface area contributed by atoms with Crippen LogP contribution in [0.5, 0.6) is 0 Å². The van der Waals surface area contributed by atoms with Gasteiger partial charge in [0.2, 0.25) is 0 Å². The highest BCUT2D eigenvalue weighted by molar-refractivity contribution is 6.39. The number of rotatable bonds is 3. The van der Waals surface area contributed by atoms with Crippen LogP contribution in [0.1, 0.15) is 83.3 Å². The van der Waals surface area contributed by atoms with E-state index >= 15 is 0 Å². The van der Waals surface area contributed by atoms with Crippen molar-refractivity contribution < 1.29 is 23.6 Å². The largest absolute Gasteiger partial charge is 0.458 e. The summed E-state index contributed by atoms with van der Waals surface area (Å²) in [5.74, 6) is -0.125. The van der Waals surface area contributed by atoms with Crippen LogP contribution in [0.3, 0.4) is 0 Å². The topological polar surface area (TPSA) is 81.9 Å². The van der Waals surface area contributed by atoms with Gasteiger partial charge >= 0.3 is 12.1 Å². The minimum absolute atomic E-state index is 0.0246. The maximum atomic E-state index is 13.6. The summed E-state index contributed by atoms with van der Waals surface area (Å²) in [6, 6.07) is 5.05. The molecular weight excluding hydrogens is 491 g/mol. The van der Waals surface area contributed by atoms with Crippen LogP contribution in [0.4, 0.5) is 4.79 Å². The van der Waals surface area contributed by atoms with Gasteiger partial charge in [0, 0.05) is 35.9 Å². The minimum Gasteiger partial charge on any atom is -0.458 e. The van der Waals surface area contributed by atoms with E-state index in [-0.39, 0.29) is 35.5 Å². The van der Waals surface area contributed by atoms with Gasteiger partial charge in [0.1, 0.15) is 23.0 Å². The number of carbonyl (C=O) groups excluding carboxylic acids is 2. The maximum absolute atomic E-state index is 13.6. The van der Waals surface area contributed by atoms with Gasteiger partial charge in [-0.25, -0.2) is 9.59 Å². The molecule has 190 valence electrons. The molecule has 1 aromatic carbocycles. The first-order valence-corrected chi connectivity index (χ1v) is 12.7. The van der Waals surface area contributed by atoms with E-state index in [1.807, 2.05) is 46.4 Å². The Kier molecular flexibility index (Phi) is 6.88. The average molecular weight is 523 g/mol. The van der Waals surface area contributed by atoms with Crippen LogP contribution in [-0.4, -0.2) is 45.9 Å². The van der Waals surface area contributed by atoms with Crippen LogP contribution in [0, 0.1) is 0 Å². The molecule has 0 radical (unpaired) electrons. The van der Waals surface area contributed by atoms with Gasteiger partial charge in [0.15, 0.2) is 5.76 Å². The number of amides is 1. The number of esters is 1. The van der Waals surface area contributed by atoms with Crippen molar-refractivity contribution in [2.75, 3.05) is 0 Å². The van der Waals surface area contributed by atoms with Crippen molar-refractivity contribution in [3.8, 4) is 11.3 Å². The predicted molar refractivity (Wildman–Crippen MR) is 134 cm³/mol. The number of hydrogen-bond acceptors (Lipinski definition) is 6. The Bertz CT molecular complexity index is 1100. The lowest BCUT2D eigenvalue weighted by Crippen LogP contribution is -2.50. The molecule has 4 rings (SSSR count). The Morgan fingerprint density at radius 1 is 1.03 bits per heavy atom. The molecule has 1 amide bonds. The van der Waals surface area contributed by atoms with Crippen molar-refractivity contribution in [3.05, 3.63) is 39.6 Å². The Balaban J connectivity index is 1.59. The normalized spacial score (nSPS) is 22.3. The number of piperidine rings is 1. The summed E-state index contributed by atoms with van der Waals surface area (Å²) in [7, 11) is 0. The standard InChI is InChI=1S/C26H32Cl2N2O5/c1-25(2,3)22-20(21(29-35-22)19-17(27)8-7-9-18(19)28)23(31)33-16-12-14-10-11-15(13-16)30(14)24(32)34-26(4,5)6/h7-9,14-16H,10-13H2,1-6H3. The van der Waals surface area contributed by atoms with E-state index in [9.17, 15) is 9.59 Å². The molecule has 35 heavy (non-hydrogen) atoms. The van der Waals surface area contributed by atoms with E-state index in [0.29, 0.717) is 34.2 Å². The summed E-state index contributed by atoms with van der Waals surface area (Å²) in [6.07, 6.45) is 2.19. The Labute approximate surface area is 216 Å². The van der Waals surface area contributed by atoms with E-state index in [2.05, 4.69) is 5.16 Å². The summed E-state index contributed by atoms with van der Waals surface area (Å²) in [5.41, 5.74) is -0.138. The van der Waals surface area contributed by atoms with Crippen molar-refractivity contribution in [2.24, 2.45) is 0 Å². The summed E-state index contributed by atoms with van der Waals surface area (Å²) in [4.78, 5) is 28.2. The third-order valence-corrected chi connectivity index (χ3v) is 6.97. The second-order valence-corrected chi connectivity index (χ2v) is 12.2. The number of aromatic nitrogens is 1. The van der Waals surface area contributed by atoms with Crippen molar-refractivity contribution in [3.63, 3.8) is 0 Å². The second kappa shape index (κ2) is 9.32. The molecule has 3 heterocycles. The smallest absolute Gasteiger partial charge is 0.410 e. The zero-order valence-corrected chi connectivity index (χ0v) is 22.5. The molecule has 2 saturated heterocycles. The Morgan fingerprint density at radius 3 is 2.11 bits per heavy atom. The molecule has 2 fully saturated rings. The molecule has 2 aliphatic rings. The Morgan fingerprint density at radius 2 is 1.60 bits per heavy atom. The molecule has 9 heteroatoms. The van der Waals surface area contributed by atoms with E-state index in [1.165, 1.54) is 0 Å². The van der Waals surface area contributed by atoms with Crippen LogP contribution in [-0.2, 0) is 14.9 Å². The quantitative estimate of drug-likeness (QED) is 0.402. The molecule has 2 bridgehead atoms. The van der Waals surface area contributed by atoms with Gasteiger partial charge in [-0.05, 0) is 45.7 Å². The molecule has 2 atom stereocenters. The van der Waals surface area contributed by atoms with Gasteiger partial charge in [-0.15, -0.1) is 0 Å². The summed E-state index contributed by atoms with van der Waals surface area (Å²) in [6.45, 7) is 11.4. The lowest BCUT2D eigenvalue weighted by atomic mass is 9.88. The highest BCUT2D eigenvalue weighted by atomic mass is 35.5. The first-order valence-electron chi connectivity index (χ1n) is 11.9. The molecule has 0 saturated carbocycles. The van der Waals surface area contributed by atoms with Crippen molar-refractivity contribution in [2.45, 2.75) is 96.4 Å². The van der Waals surface area contributed by atoms with Crippen LogP contribution >= 0.6 is 23.2 Å². The van der Waals surface area contributed by atoms with Crippen molar-refractivity contribution in [1.29, 1.82) is 0 Å². The molecule has 0 spiro atoms. The lowest BCUT2D eigenvalue weighted by Gasteiger charge is -2.39. The minimum atomic E-state index is -0.562. The van der Waals surface area contributed by atoms with E-state index in [1.54, 1.807) is 18.2 Å². The Hall–Kier alpha value is -2.25. The van der Waals surface area contributed by atoms with Gasteiger partial charge in [0.25, 0.3) is 0 Å². The molecule has 0 aliphatic carbocycles. The SMILES string of the molecule is CC(C)(C)OC(=O)N1C2CCC1CC(OC(=O)c1c(-c3c(Cl)cccc3Cl)noc1C(C)(C)C)C2. The maximum Gasteiger partial charge on any atom is 0.410 e. The van der Waals surface area contributed by atoms with Crippen molar-refractivity contribution >= 4 is 35.3 Å². The number of halogens is 2. The summed E-state index contributed by atoms with van der Waals surface area (Å²) in [5, 5.41) is 4.92. The number of hydrogen-bond donors (Lipinski definition) is 0. The van der Waals surface area contributed by atoms with Gasteiger partial charge in [-0.3, -0.25) is 0 Å². The monoisotopic (exact) mass is 522 g/mol. The van der Waals surface area contributed by atoms with Gasteiger partial charge < -0.3 is 18.9 Å². The zero-order valence-electron chi connectivity index (χ0n) is 21.0. The van der Waals surface area contributed by atoms with Gasteiger partial charge in [-0.1, -0.05) is 55.2 Å². The number of fused-ring (bicyclic) bond motifs is 2. The number of carbonyl (C=O) groups is 2. The number of benzene rings is 1. The van der Waals surface area contributed by atoms with E-state index in [4.69, 9.17) is 37.2 Å². The van der Waals surface area contributed by atoms with E-state index < -0.39 is 17.0 Å². The van der Waals surface area contributed by atoms with Crippen molar-refractivity contribution in [1.82, 2.24) is 10.1 Å². The molecule has 2 unspecified atom stereocenters. The van der Waals surface area contributed by atoms with Crippen LogP contribution in [0.25, 0.3) is 11.3 Å². The zero-order chi connectivity index (χ0) is 25.7. The van der Waals surface area contributed by atoms with Crippen LogP contribution in [0.15, 0.2) is 22.7 Å². The molecule has 7 nitrogen and oxygen atoms in total. The van der Waals surface area contributed by atoms with Crippen LogP contribution < -0.4 is 0 Å². The molecule has 2 aliphatic heterocycles. The average Bonchev–Trinajstić information content (AvgIpc) is 3.26. The fraction of sp³-hybridized carbons (Fsp3) is 0.577. The fourth-order valence-electron chi connectivity index (χ4n) is 4.93. The van der Waals surface area contributed by atoms with E-state index in [0.717, 1.165) is 12.8 Å². The highest BCUT2D eigenvalue weighted by Crippen LogP contribution is 2.42. The molecule has 2 aromatic rings. The second-order valence-electron chi connectivity index (χ2n) is 11.4. The molecule has 0 N–H and O–H groups in total. The third-order valence-electron chi connectivity index (χ3n) is 6.34. The van der Waals surface area contributed by atoms with Crippen LogP contribution in [0.2, 0.25) is 10.0 Å². The first kappa shape index (κ1) is 25.8. The third kappa shape index (κ3) is 5.31. The molecular formula is C26H32Cl2N2O5. The summed E-state index contributed by atoms with van der Waals surface area (Å²) < 4.78 is 17.3. The predicted octanol–water partition coefficient (Wildman–Crippen LogP) is 7.03. The highest BCUT2D eigenvalue weighted by Gasteiger charge is 2.46. The molecule has 1 aromatic heterocycles. The summed E-state index contributed by atoms with van der Waals surface area (Å²) >= 11 is 12.9.